The number of methoxy groups -OCH3 is 1. The second-order valence-electron chi connectivity index (χ2n) is 8.17. The maximum Gasteiger partial charge on any atom is 0.236 e. The Labute approximate surface area is 164 Å². The molecule has 2 amide bonds. The Bertz CT molecular complexity index is 458. The number of hydrogen-bond acceptors (Lipinski definition) is 5. The van der Waals surface area contributed by atoms with Crippen molar-refractivity contribution in [2.45, 2.75) is 45.1 Å². The Balaban J connectivity index is 1.62. The highest BCUT2D eigenvalue weighted by Crippen LogP contribution is 2.26. The fourth-order valence-electron chi connectivity index (χ4n) is 3.95. The van der Waals surface area contributed by atoms with Crippen LogP contribution in [0, 0.1) is 5.92 Å². The lowest BCUT2D eigenvalue weighted by Crippen LogP contribution is -2.52. The number of rotatable bonds is 9. The van der Waals surface area contributed by atoms with Crippen molar-refractivity contribution < 1.29 is 14.3 Å². The van der Waals surface area contributed by atoms with E-state index in [-0.39, 0.29) is 11.8 Å². The van der Waals surface area contributed by atoms with E-state index < -0.39 is 0 Å². The molecule has 1 aliphatic heterocycles. The Kier molecular flexibility index (Phi) is 9.51. The van der Waals surface area contributed by atoms with E-state index in [2.05, 4.69) is 22.0 Å². The van der Waals surface area contributed by atoms with E-state index in [0.717, 1.165) is 51.4 Å². The fraction of sp³-hybridized carbons (Fsp3) is 0.900. The maximum absolute atomic E-state index is 12.6. The largest absolute Gasteiger partial charge is 0.385 e. The topological polar surface area (TPSA) is 65.1 Å². The highest BCUT2D eigenvalue weighted by Gasteiger charge is 2.27. The molecule has 0 spiro atoms. The van der Waals surface area contributed by atoms with Crippen LogP contribution in [0.5, 0.6) is 0 Å². The first kappa shape index (κ1) is 22.1. The molecule has 2 aliphatic rings. The smallest absolute Gasteiger partial charge is 0.236 e. The summed E-state index contributed by atoms with van der Waals surface area (Å²) in [5, 5.41) is 2.93. The molecular weight excluding hydrogens is 344 g/mol. The van der Waals surface area contributed by atoms with Crippen LogP contribution in [0.25, 0.3) is 0 Å². The van der Waals surface area contributed by atoms with Gasteiger partial charge in [0, 0.05) is 59.5 Å². The number of amides is 2. The average molecular weight is 383 g/mol. The summed E-state index contributed by atoms with van der Waals surface area (Å²) in [7, 11) is 3.63. The summed E-state index contributed by atoms with van der Waals surface area (Å²) in [4.78, 5) is 30.9. The Morgan fingerprint density at radius 3 is 2.22 bits per heavy atom. The van der Waals surface area contributed by atoms with Gasteiger partial charge in [-0.25, -0.2) is 0 Å². The summed E-state index contributed by atoms with van der Waals surface area (Å²) in [6, 6.07) is 0.414. The van der Waals surface area contributed by atoms with Crippen LogP contribution < -0.4 is 5.32 Å². The summed E-state index contributed by atoms with van der Waals surface area (Å²) >= 11 is 0. The van der Waals surface area contributed by atoms with Crippen molar-refractivity contribution in [2.24, 2.45) is 5.92 Å². The Hall–Kier alpha value is -1.18. The third-order valence-corrected chi connectivity index (χ3v) is 5.96. The molecule has 0 atom stereocenters. The van der Waals surface area contributed by atoms with Crippen molar-refractivity contribution in [3.05, 3.63) is 0 Å². The van der Waals surface area contributed by atoms with E-state index in [1.807, 2.05) is 11.9 Å². The van der Waals surface area contributed by atoms with E-state index in [9.17, 15) is 9.59 Å². The number of likely N-dealkylation sites (N-methyl/N-ethyl adjacent to an activating group) is 1. The summed E-state index contributed by atoms with van der Waals surface area (Å²) in [5.41, 5.74) is 0. The minimum atomic E-state index is 0.0712. The van der Waals surface area contributed by atoms with Crippen molar-refractivity contribution in [2.75, 3.05) is 66.6 Å². The fourth-order valence-corrected chi connectivity index (χ4v) is 3.95. The van der Waals surface area contributed by atoms with Crippen molar-refractivity contribution in [3.63, 3.8) is 0 Å². The van der Waals surface area contributed by atoms with Crippen molar-refractivity contribution in [1.82, 2.24) is 20.0 Å². The molecule has 2 rings (SSSR count). The summed E-state index contributed by atoms with van der Waals surface area (Å²) in [6.07, 6.45) is 5.57. The molecule has 1 saturated carbocycles. The molecule has 0 radical (unpaired) electrons. The molecule has 0 aromatic heterocycles. The van der Waals surface area contributed by atoms with Crippen molar-refractivity contribution >= 4 is 11.8 Å². The zero-order valence-electron chi connectivity index (χ0n) is 17.4. The molecule has 0 unspecified atom stereocenters. The number of piperazine rings is 1. The predicted octanol–water partition coefficient (Wildman–Crippen LogP) is 0.794. The number of carbonyl (C=O) groups excluding carboxylic acids is 2. The standard InChI is InChI=1S/C20H38N4O3/c1-17-5-7-18(8-6-17)22(2)20(26)16-24-12-10-23(11-13-24)15-19(25)21-9-4-14-27-3/h17-18H,4-16H2,1-3H3,(H,21,25). The summed E-state index contributed by atoms with van der Waals surface area (Å²) in [5.74, 6) is 1.11. The first-order valence-electron chi connectivity index (χ1n) is 10.5. The molecule has 156 valence electrons. The SMILES string of the molecule is COCCCNC(=O)CN1CCN(CC(=O)N(C)C2CCC(C)CC2)CC1. The molecule has 7 nitrogen and oxygen atoms in total. The van der Waals surface area contributed by atoms with Crippen molar-refractivity contribution in [3.8, 4) is 0 Å². The van der Waals surface area contributed by atoms with Gasteiger partial charge in [0.1, 0.15) is 0 Å². The quantitative estimate of drug-likeness (QED) is 0.598. The summed E-state index contributed by atoms with van der Waals surface area (Å²) < 4.78 is 4.98. The van der Waals surface area contributed by atoms with Gasteiger partial charge in [-0.15, -0.1) is 0 Å². The third kappa shape index (κ3) is 7.76. The zero-order chi connectivity index (χ0) is 19.6. The molecular formula is C20H38N4O3. The second-order valence-corrected chi connectivity index (χ2v) is 8.17. The zero-order valence-corrected chi connectivity index (χ0v) is 17.4. The van der Waals surface area contributed by atoms with Gasteiger partial charge in [0.05, 0.1) is 13.1 Å². The molecule has 2 fully saturated rings. The van der Waals surface area contributed by atoms with E-state index in [1.54, 1.807) is 7.11 Å². The molecule has 0 aromatic rings. The van der Waals surface area contributed by atoms with Gasteiger partial charge >= 0.3 is 0 Å². The Morgan fingerprint density at radius 2 is 1.63 bits per heavy atom. The molecule has 1 heterocycles. The van der Waals surface area contributed by atoms with Gasteiger partial charge in [-0.05, 0) is 38.0 Å². The van der Waals surface area contributed by atoms with Crippen LogP contribution in [0.15, 0.2) is 0 Å². The van der Waals surface area contributed by atoms with Crippen LogP contribution >= 0.6 is 0 Å². The molecule has 1 aliphatic carbocycles. The lowest BCUT2D eigenvalue weighted by Gasteiger charge is -2.37. The van der Waals surface area contributed by atoms with Gasteiger partial charge in [-0.2, -0.15) is 0 Å². The van der Waals surface area contributed by atoms with Gasteiger partial charge in [0.25, 0.3) is 0 Å². The second kappa shape index (κ2) is 11.6. The van der Waals surface area contributed by atoms with Crippen LogP contribution in [-0.2, 0) is 14.3 Å². The van der Waals surface area contributed by atoms with Crippen LogP contribution in [0.1, 0.15) is 39.0 Å². The molecule has 7 heteroatoms. The lowest BCUT2D eigenvalue weighted by molar-refractivity contribution is -0.134. The van der Waals surface area contributed by atoms with Gasteiger partial charge < -0.3 is 15.0 Å². The molecule has 0 aromatic carbocycles. The minimum Gasteiger partial charge on any atom is -0.385 e. The van der Waals surface area contributed by atoms with Gasteiger partial charge in [-0.3, -0.25) is 19.4 Å². The van der Waals surface area contributed by atoms with Gasteiger partial charge in [0.2, 0.25) is 11.8 Å². The molecule has 1 saturated heterocycles. The van der Waals surface area contributed by atoms with E-state index in [4.69, 9.17) is 4.74 Å². The van der Waals surface area contributed by atoms with Crippen molar-refractivity contribution in [1.29, 1.82) is 0 Å². The average Bonchev–Trinajstić information content (AvgIpc) is 2.67. The van der Waals surface area contributed by atoms with E-state index in [0.29, 0.717) is 32.3 Å². The number of nitrogens with zero attached hydrogens (tertiary/aromatic N) is 3. The number of ether oxygens (including phenoxy) is 1. The first-order chi connectivity index (χ1) is 13.0. The van der Waals surface area contributed by atoms with Crippen LogP contribution in [0.4, 0.5) is 0 Å². The van der Waals surface area contributed by atoms with Crippen LogP contribution in [0.3, 0.4) is 0 Å². The van der Waals surface area contributed by atoms with E-state index in [1.165, 1.54) is 12.8 Å². The molecule has 27 heavy (non-hydrogen) atoms. The van der Waals surface area contributed by atoms with Crippen LogP contribution in [0.2, 0.25) is 0 Å². The van der Waals surface area contributed by atoms with Gasteiger partial charge in [-0.1, -0.05) is 6.92 Å². The Morgan fingerprint density at radius 1 is 1.04 bits per heavy atom. The number of nitrogens with one attached hydrogen (secondary N) is 1. The monoisotopic (exact) mass is 382 g/mol. The summed E-state index contributed by atoms with van der Waals surface area (Å²) in [6.45, 7) is 7.93. The molecule has 0 bridgehead atoms. The lowest BCUT2D eigenvalue weighted by atomic mass is 9.87. The highest BCUT2D eigenvalue weighted by atomic mass is 16.5. The normalized spacial score (nSPS) is 24.6. The number of hydrogen-bond donors (Lipinski definition) is 1. The maximum atomic E-state index is 12.6. The number of carbonyl (C=O) groups is 2. The molecule has 1 N–H and O–H groups in total. The minimum absolute atomic E-state index is 0.0712. The first-order valence-corrected chi connectivity index (χ1v) is 10.5. The predicted molar refractivity (Wildman–Crippen MR) is 107 cm³/mol. The highest BCUT2D eigenvalue weighted by molar-refractivity contribution is 5.78. The van der Waals surface area contributed by atoms with Crippen LogP contribution in [-0.4, -0.2) is 99.1 Å². The third-order valence-electron chi connectivity index (χ3n) is 5.96. The van der Waals surface area contributed by atoms with E-state index >= 15 is 0 Å². The van der Waals surface area contributed by atoms with Gasteiger partial charge in [0.15, 0.2) is 0 Å².